The molecule has 4 heteroatoms. The molecule has 0 fully saturated rings. The topological polar surface area (TPSA) is 50.7 Å². The molecule has 0 aromatic heterocycles. The molecule has 14 heavy (non-hydrogen) atoms. The monoisotopic (exact) mass is 205 g/mol. The van der Waals surface area contributed by atoms with E-state index in [9.17, 15) is 0 Å². The molecule has 0 rings (SSSR count). The molecule has 0 aliphatic carbocycles. The number of rotatable bonds is 10. The number of aliphatic hydroxyl groups excluding tert-OH is 1. The molecule has 0 unspecified atom stereocenters. The number of ether oxygens (including phenoxy) is 2. The summed E-state index contributed by atoms with van der Waals surface area (Å²) < 4.78 is 10.3. The van der Waals surface area contributed by atoms with Gasteiger partial charge in [0.2, 0.25) is 0 Å². The molecule has 0 aliphatic rings. The van der Waals surface area contributed by atoms with Gasteiger partial charge in [-0.25, -0.2) is 0 Å². The molecule has 0 amide bonds. The van der Waals surface area contributed by atoms with Crippen LogP contribution in [0.3, 0.4) is 0 Å². The van der Waals surface area contributed by atoms with Crippen LogP contribution in [0.2, 0.25) is 0 Å². The normalized spacial score (nSPS) is 11.1. The highest BCUT2D eigenvalue weighted by molar-refractivity contribution is 4.49. The first-order valence-electron chi connectivity index (χ1n) is 5.24. The van der Waals surface area contributed by atoms with Gasteiger partial charge in [-0.05, 0) is 12.5 Å². The smallest absolute Gasteiger partial charge is 0.0701 e. The lowest BCUT2D eigenvalue weighted by Gasteiger charge is -2.08. The van der Waals surface area contributed by atoms with E-state index in [0.717, 1.165) is 19.7 Å². The summed E-state index contributed by atoms with van der Waals surface area (Å²) in [5.74, 6) is 0.683. The number of aliphatic hydroxyl groups is 1. The molecule has 2 N–H and O–H groups in total. The standard InChI is InChI=1S/C10H23NO3/c1-10(2)9-11-3-5-13-7-8-14-6-4-12/h10-12H,3-9H2,1-2H3. The highest BCUT2D eigenvalue weighted by atomic mass is 16.5. The Labute approximate surface area is 86.6 Å². The van der Waals surface area contributed by atoms with Crippen LogP contribution in [0.1, 0.15) is 13.8 Å². The molecule has 0 aromatic carbocycles. The summed E-state index contributed by atoms with van der Waals surface area (Å²) in [5.41, 5.74) is 0. The Hall–Kier alpha value is -0.160. The van der Waals surface area contributed by atoms with Crippen molar-refractivity contribution in [1.82, 2.24) is 5.32 Å². The van der Waals surface area contributed by atoms with E-state index in [2.05, 4.69) is 19.2 Å². The van der Waals surface area contributed by atoms with Crippen molar-refractivity contribution in [1.29, 1.82) is 0 Å². The predicted molar refractivity (Wildman–Crippen MR) is 56.4 cm³/mol. The Bertz CT molecular complexity index is 110. The number of hydrogen-bond acceptors (Lipinski definition) is 4. The van der Waals surface area contributed by atoms with Crippen LogP contribution in [0.4, 0.5) is 0 Å². The minimum absolute atomic E-state index is 0.0793. The van der Waals surface area contributed by atoms with Crippen molar-refractivity contribution < 1.29 is 14.6 Å². The van der Waals surface area contributed by atoms with E-state index < -0.39 is 0 Å². The van der Waals surface area contributed by atoms with E-state index in [0.29, 0.717) is 25.7 Å². The van der Waals surface area contributed by atoms with Crippen LogP contribution in [0, 0.1) is 5.92 Å². The zero-order valence-electron chi connectivity index (χ0n) is 9.29. The third-order valence-corrected chi connectivity index (χ3v) is 1.58. The SMILES string of the molecule is CC(C)CNCCOCCOCCO. The van der Waals surface area contributed by atoms with Crippen molar-refractivity contribution in [2.24, 2.45) is 5.92 Å². The second-order valence-electron chi connectivity index (χ2n) is 3.55. The van der Waals surface area contributed by atoms with Crippen molar-refractivity contribution in [3.8, 4) is 0 Å². The summed E-state index contributed by atoms with van der Waals surface area (Å²) in [4.78, 5) is 0. The molecule has 86 valence electrons. The first-order valence-corrected chi connectivity index (χ1v) is 5.24. The van der Waals surface area contributed by atoms with Crippen molar-refractivity contribution in [3.63, 3.8) is 0 Å². The quantitative estimate of drug-likeness (QED) is 0.502. The van der Waals surface area contributed by atoms with Crippen LogP contribution in [0.15, 0.2) is 0 Å². The van der Waals surface area contributed by atoms with Gasteiger partial charge in [-0.1, -0.05) is 13.8 Å². The summed E-state index contributed by atoms with van der Waals surface area (Å²) in [5, 5.41) is 11.7. The van der Waals surface area contributed by atoms with Crippen LogP contribution in [0.25, 0.3) is 0 Å². The first kappa shape index (κ1) is 13.8. The minimum atomic E-state index is 0.0793. The molecule has 0 saturated carbocycles. The van der Waals surface area contributed by atoms with Crippen molar-refractivity contribution in [2.75, 3.05) is 46.1 Å². The third kappa shape index (κ3) is 11.8. The maximum absolute atomic E-state index is 8.42. The summed E-state index contributed by atoms with van der Waals surface area (Å²) in [6.07, 6.45) is 0. The second-order valence-corrected chi connectivity index (χ2v) is 3.55. The van der Waals surface area contributed by atoms with E-state index in [4.69, 9.17) is 14.6 Å². The average Bonchev–Trinajstić information content (AvgIpc) is 2.15. The van der Waals surface area contributed by atoms with Gasteiger partial charge in [0.1, 0.15) is 0 Å². The summed E-state index contributed by atoms with van der Waals surface area (Å²) in [6.45, 7) is 8.63. The fraction of sp³-hybridized carbons (Fsp3) is 1.00. The van der Waals surface area contributed by atoms with Crippen LogP contribution in [-0.2, 0) is 9.47 Å². The van der Waals surface area contributed by atoms with Crippen molar-refractivity contribution in [2.45, 2.75) is 13.8 Å². The first-order chi connectivity index (χ1) is 6.77. The van der Waals surface area contributed by atoms with E-state index >= 15 is 0 Å². The van der Waals surface area contributed by atoms with E-state index in [-0.39, 0.29) is 6.61 Å². The van der Waals surface area contributed by atoms with Gasteiger partial charge >= 0.3 is 0 Å². The van der Waals surface area contributed by atoms with Gasteiger partial charge in [-0.2, -0.15) is 0 Å². The summed E-state index contributed by atoms with van der Waals surface area (Å²) >= 11 is 0. The van der Waals surface area contributed by atoms with Gasteiger partial charge in [0.15, 0.2) is 0 Å². The second kappa shape index (κ2) is 10.9. The Morgan fingerprint density at radius 2 is 1.71 bits per heavy atom. The lowest BCUT2D eigenvalue weighted by atomic mass is 10.2. The molecule has 0 saturated heterocycles. The summed E-state index contributed by atoms with van der Waals surface area (Å²) in [7, 11) is 0. The molecule has 0 atom stereocenters. The van der Waals surface area contributed by atoms with Gasteiger partial charge in [0.25, 0.3) is 0 Å². The van der Waals surface area contributed by atoms with E-state index in [1.807, 2.05) is 0 Å². The number of nitrogens with one attached hydrogen (secondary N) is 1. The van der Waals surface area contributed by atoms with Gasteiger partial charge in [0, 0.05) is 6.54 Å². The van der Waals surface area contributed by atoms with E-state index in [1.165, 1.54) is 0 Å². The Balaban J connectivity index is 2.85. The third-order valence-electron chi connectivity index (χ3n) is 1.58. The zero-order valence-corrected chi connectivity index (χ0v) is 9.29. The molecular weight excluding hydrogens is 182 g/mol. The maximum atomic E-state index is 8.42. The Morgan fingerprint density at radius 3 is 2.29 bits per heavy atom. The highest BCUT2D eigenvalue weighted by Crippen LogP contribution is 1.86. The largest absolute Gasteiger partial charge is 0.394 e. The molecule has 0 spiro atoms. The van der Waals surface area contributed by atoms with Crippen LogP contribution in [-0.4, -0.2) is 51.2 Å². The van der Waals surface area contributed by atoms with Crippen LogP contribution < -0.4 is 5.32 Å². The highest BCUT2D eigenvalue weighted by Gasteiger charge is 1.92. The van der Waals surface area contributed by atoms with Crippen LogP contribution in [0.5, 0.6) is 0 Å². The van der Waals surface area contributed by atoms with Crippen LogP contribution >= 0.6 is 0 Å². The minimum Gasteiger partial charge on any atom is -0.394 e. The lowest BCUT2D eigenvalue weighted by Crippen LogP contribution is -2.24. The molecular formula is C10H23NO3. The maximum Gasteiger partial charge on any atom is 0.0701 e. The fourth-order valence-electron chi connectivity index (χ4n) is 0.922. The average molecular weight is 205 g/mol. The molecule has 0 radical (unpaired) electrons. The number of hydrogen-bond donors (Lipinski definition) is 2. The molecule has 0 aliphatic heterocycles. The van der Waals surface area contributed by atoms with Gasteiger partial charge < -0.3 is 19.9 Å². The molecule has 4 nitrogen and oxygen atoms in total. The van der Waals surface area contributed by atoms with Gasteiger partial charge in [-0.15, -0.1) is 0 Å². The Kier molecular flexibility index (Phi) is 10.8. The zero-order chi connectivity index (χ0) is 10.6. The lowest BCUT2D eigenvalue weighted by molar-refractivity contribution is 0.0339. The molecule has 0 heterocycles. The molecule has 0 bridgehead atoms. The predicted octanol–water partition coefficient (Wildman–Crippen LogP) is 0.258. The van der Waals surface area contributed by atoms with Crippen molar-refractivity contribution >= 4 is 0 Å². The molecule has 0 aromatic rings. The fourth-order valence-corrected chi connectivity index (χ4v) is 0.922. The van der Waals surface area contributed by atoms with Crippen molar-refractivity contribution in [3.05, 3.63) is 0 Å². The Morgan fingerprint density at radius 1 is 1.07 bits per heavy atom. The van der Waals surface area contributed by atoms with Gasteiger partial charge in [-0.3, -0.25) is 0 Å². The summed E-state index contributed by atoms with van der Waals surface area (Å²) in [6, 6.07) is 0. The van der Waals surface area contributed by atoms with E-state index in [1.54, 1.807) is 0 Å². The van der Waals surface area contributed by atoms with Gasteiger partial charge in [0.05, 0.1) is 33.0 Å².